The van der Waals surface area contributed by atoms with Crippen LogP contribution >= 0.6 is 23.2 Å². The maximum absolute atomic E-state index is 13.2. The summed E-state index contributed by atoms with van der Waals surface area (Å²) in [5.41, 5.74) is 6.00. The Morgan fingerprint density at radius 2 is 1.62 bits per heavy atom. The lowest BCUT2D eigenvalue weighted by Gasteiger charge is -2.23. The monoisotopic (exact) mass is 714 g/mol. The van der Waals surface area contributed by atoms with E-state index in [9.17, 15) is 9.59 Å². The van der Waals surface area contributed by atoms with Crippen molar-refractivity contribution in [2.24, 2.45) is 0 Å². The lowest BCUT2D eigenvalue weighted by atomic mass is 9.97. The predicted molar refractivity (Wildman–Crippen MR) is 198 cm³/mol. The predicted octanol–water partition coefficient (Wildman–Crippen LogP) is 6.29. The van der Waals surface area contributed by atoms with E-state index >= 15 is 0 Å². The minimum Gasteiger partial charge on any atom is -0.481 e. The van der Waals surface area contributed by atoms with Crippen molar-refractivity contribution in [3.8, 4) is 39.4 Å². The fourth-order valence-electron chi connectivity index (χ4n) is 6.02. The molecule has 1 amide bonds. The van der Waals surface area contributed by atoms with Crippen molar-refractivity contribution in [3.05, 3.63) is 105 Å². The smallest absolute Gasteiger partial charge is 0.262 e. The third-order valence-electron chi connectivity index (χ3n) is 9.00. The van der Waals surface area contributed by atoms with Gasteiger partial charge in [0.25, 0.3) is 5.56 Å². The summed E-state index contributed by atoms with van der Waals surface area (Å²) in [6.45, 7) is 6.14. The van der Waals surface area contributed by atoms with E-state index in [0.717, 1.165) is 39.8 Å². The van der Waals surface area contributed by atoms with Crippen LogP contribution in [0.5, 0.6) is 5.88 Å². The molecule has 3 N–H and O–H groups in total. The molecule has 0 saturated carbocycles. The zero-order valence-corrected chi connectivity index (χ0v) is 30.0. The first-order valence-electron chi connectivity index (χ1n) is 16.5. The highest BCUT2D eigenvalue weighted by Crippen LogP contribution is 2.42. The lowest BCUT2D eigenvalue weighted by Crippen LogP contribution is -2.37. The number of nitrogens with one attached hydrogen (secondary N) is 3. The van der Waals surface area contributed by atoms with E-state index in [2.05, 4.69) is 20.9 Å². The highest BCUT2D eigenvalue weighted by Gasteiger charge is 2.21. The average Bonchev–Trinajstić information content (AvgIpc) is 3.54. The normalized spacial score (nSPS) is 14.7. The fraction of sp³-hybridized carbons (Fsp3) is 0.316. The van der Waals surface area contributed by atoms with Gasteiger partial charge in [0.15, 0.2) is 0 Å². The molecule has 0 spiro atoms. The Balaban J connectivity index is 1.24. The molecule has 5 aromatic rings. The SMILES string of the molecule is COc1nc(-c2cccc(-c3cccc(-c4ccn5c(=O)c(CNCC(C)(C)OC)cnc5c4)c3Cl)c2Cl)ccc1CNC[C@@H]1CCC(=O)N1. The second-order valence-electron chi connectivity index (χ2n) is 12.9. The molecule has 50 heavy (non-hydrogen) atoms. The van der Waals surface area contributed by atoms with Crippen molar-refractivity contribution in [1.29, 1.82) is 0 Å². The minimum atomic E-state index is -0.347. The van der Waals surface area contributed by atoms with Gasteiger partial charge < -0.3 is 25.4 Å². The molecule has 0 bridgehead atoms. The Bertz CT molecular complexity index is 2100. The number of fused-ring (bicyclic) bond motifs is 1. The van der Waals surface area contributed by atoms with E-state index in [1.807, 2.05) is 74.5 Å². The molecule has 3 aromatic heterocycles. The number of amides is 1. The molecule has 1 atom stereocenters. The van der Waals surface area contributed by atoms with Crippen LogP contribution in [0.2, 0.25) is 10.0 Å². The molecule has 0 unspecified atom stereocenters. The van der Waals surface area contributed by atoms with Gasteiger partial charge in [-0.15, -0.1) is 0 Å². The molecule has 2 aromatic carbocycles. The highest BCUT2D eigenvalue weighted by atomic mass is 35.5. The van der Waals surface area contributed by atoms with Gasteiger partial charge in [0.2, 0.25) is 11.8 Å². The quantitative estimate of drug-likeness (QED) is 0.130. The Labute approximate surface area is 301 Å². The topological polar surface area (TPSA) is 119 Å². The maximum Gasteiger partial charge on any atom is 0.262 e. The van der Waals surface area contributed by atoms with Crippen molar-refractivity contribution in [2.75, 3.05) is 27.3 Å². The molecular weight excluding hydrogens is 675 g/mol. The number of benzene rings is 2. The van der Waals surface area contributed by atoms with Crippen LogP contribution in [0.1, 0.15) is 37.8 Å². The first-order valence-corrected chi connectivity index (χ1v) is 17.2. The van der Waals surface area contributed by atoms with E-state index in [1.54, 1.807) is 26.6 Å². The second-order valence-corrected chi connectivity index (χ2v) is 13.7. The number of hydrogen-bond acceptors (Lipinski definition) is 8. The van der Waals surface area contributed by atoms with Crippen molar-refractivity contribution in [3.63, 3.8) is 0 Å². The second kappa shape index (κ2) is 15.3. The lowest BCUT2D eigenvalue weighted by molar-refractivity contribution is -0.119. The number of methoxy groups -OCH3 is 2. The van der Waals surface area contributed by atoms with Crippen LogP contribution in [-0.2, 0) is 22.6 Å². The third-order valence-corrected chi connectivity index (χ3v) is 9.81. The molecule has 0 aliphatic carbocycles. The van der Waals surface area contributed by atoms with Gasteiger partial charge in [0, 0.05) is 91.5 Å². The van der Waals surface area contributed by atoms with E-state index in [1.165, 1.54) is 4.40 Å². The summed E-state index contributed by atoms with van der Waals surface area (Å²) in [5.74, 6) is 0.590. The molecule has 12 heteroatoms. The molecule has 4 heterocycles. The molecule has 6 rings (SSSR count). The van der Waals surface area contributed by atoms with E-state index in [-0.39, 0.29) is 23.1 Å². The number of aromatic nitrogens is 3. The van der Waals surface area contributed by atoms with Crippen LogP contribution in [0.15, 0.2) is 77.9 Å². The first kappa shape index (κ1) is 35.5. The van der Waals surface area contributed by atoms with Crippen LogP contribution in [0.4, 0.5) is 0 Å². The van der Waals surface area contributed by atoms with Gasteiger partial charge in [0.1, 0.15) is 5.65 Å². The zero-order valence-electron chi connectivity index (χ0n) is 28.5. The summed E-state index contributed by atoms with van der Waals surface area (Å²) in [7, 11) is 3.26. The number of ether oxygens (including phenoxy) is 2. The standard InChI is InChI=1S/C38H40Cl2N6O4/c1-38(2,50-4)22-42-19-25-20-43-32-17-23(15-16-46(32)37(25)48)27-7-5-8-28(34(27)39)29-9-6-10-30(35(29)40)31-13-11-24(36(45-31)49-3)18-41-21-26-12-14-33(47)44-26/h5-11,13,15-17,20,26,41-42H,12,14,18-19,21-22H2,1-4H3,(H,44,47)/t26-/m0/s1. The van der Waals surface area contributed by atoms with Crippen LogP contribution in [0, 0.1) is 0 Å². The number of carbonyl (C=O) groups excluding carboxylic acids is 1. The number of nitrogens with zero attached hydrogens (tertiary/aromatic N) is 3. The van der Waals surface area contributed by atoms with Gasteiger partial charge in [-0.25, -0.2) is 9.97 Å². The number of rotatable bonds is 13. The van der Waals surface area contributed by atoms with Crippen LogP contribution in [-0.4, -0.2) is 59.2 Å². The van der Waals surface area contributed by atoms with E-state index < -0.39 is 0 Å². The molecule has 1 fully saturated rings. The van der Waals surface area contributed by atoms with Crippen LogP contribution in [0.3, 0.4) is 0 Å². The fourth-order valence-corrected chi connectivity index (χ4v) is 6.68. The summed E-state index contributed by atoms with van der Waals surface area (Å²) in [6.07, 6.45) is 4.74. The summed E-state index contributed by atoms with van der Waals surface area (Å²) in [4.78, 5) is 34.1. The van der Waals surface area contributed by atoms with Crippen LogP contribution < -0.4 is 26.2 Å². The van der Waals surface area contributed by atoms with Crippen molar-refractivity contribution < 1.29 is 14.3 Å². The molecule has 10 nitrogen and oxygen atoms in total. The average molecular weight is 716 g/mol. The molecule has 260 valence electrons. The summed E-state index contributed by atoms with van der Waals surface area (Å²) < 4.78 is 12.6. The van der Waals surface area contributed by atoms with Gasteiger partial charge in [0.05, 0.1) is 28.5 Å². The number of pyridine rings is 2. The summed E-state index contributed by atoms with van der Waals surface area (Å²) >= 11 is 14.2. The molecule has 0 radical (unpaired) electrons. The molecule has 1 aliphatic heterocycles. The minimum absolute atomic E-state index is 0.0952. The van der Waals surface area contributed by atoms with Crippen molar-refractivity contribution in [1.82, 2.24) is 30.3 Å². The highest BCUT2D eigenvalue weighted by molar-refractivity contribution is 6.39. The first-order chi connectivity index (χ1) is 24.1. The van der Waals surface area contributed by atoms with Gasteiger partial charge in [-0.2, -0.15) is 0 Å². The molecule has 1 aliphatic rings. The Morgan fingerprint density at radius 1 is 0.920 bits per heavy atom. The van der Waals surface area contributed by atoms with E-state index in [0.29, 0.717) is 65.4 Å². The maximum atomic E-state index is 13.2. The Morgan fingerprint density at radius 3 is 2.32 bits per heavy atom. The Hall–Kier alpha value is -4.32. The van der Waals surface area contributed by atoms with Crippen molar-refractivity contribution in [2.45, 2.75) is 51.4 Å². The number of halogens is 2. The summed E-state index contributed by atoms with van der Waals surface area (Å²) in [5, 5.41) is 10.7. The van der Waals surface area contributed by atoms with Gasteiger partial charge >= 0.3 is 0 Å². The van der Waals surface area contributed by atoms with Gasteiger partial charge in [-0.1, -0.05) is 65.7 Å². The number of carbonyl (C=O) groups is 1. The Kier molecular flexibility index (Phi) is 10.9. The van der Waals surface area contributed by atoms with E-state index in [4.69, 9.17) is 37.7 Å². The van der Waals surface area contributed by atoms with Crippen molar-refractivity contribution >= 4 is 34.8 Å². The van der Waals surface area contributed by atoms with Crippen LogP contribution in [0.25, 0.3) is 39.2 Å². The third kappa shape index (κ3) is 7.70. The number of hydrogen-bond donors (Lipinski definition) is 3. The van der Waals surface area contributed by atoms with Gasteiger partial charge in [-0.05, 0) is 44.0 Å². The summed E-state index contributed by atoms with van der Waals surface area (Å²) in [6, 6.07) is 19.3. The molecule has 1 saturated heterocycles. The van der Waals surface area contributed by atoms with Gasteiger partial charge in [-0.3, -0.25) is 14.0 Å². The zero-order chi connectivity index (χ0) is 35.4. The largest absolute Gasteiger partial charge is 0.481 e. The molecular formula is C38H40Cl2N6O4.